The zero-order valence-corrected chi connectivity index (χ0v) is 19.9. The van der Waals surface area contributed by atoms with E-state index in [0.29, 0.717) is 12.7 Å². The van der Waals surface area contributed by atoms with Crippen molar-refractivity contribution in [3.8, 4) is 0 Å². The summed E-state index contributed by atoms with van der Waals surface area (Å²) in [6.07, 6.45) is -12.8. The highest BCUT2D eigenvalue weighted by atomic mass is 19.4. The summed E-state index contributed by atoms with van der Waals surface area (Å²) in [6, 6.07) is 4.53. The molecule has 0 amide bonds. The lowest BCUT2D eigenvalue weighted by Crippen LogP contribution is -2.74. The molecule has 0 spiro atoms. The third kappa shape index (κ3) is 5.37. The van der Waals surface area contributed by atoms with E-state index in [1.54, 1.807) is 20.8 Å². The summed E-state index contributed by atoms with van der Waals surface area (Å²) in [7, 11) is 0.559. The van der Waals surface area contributed by atoms with E-state index in [2.05, 4.69) is 4.74 Å². The van der Waals surface area contributed by atoms with Crippen LogP contribution in [0.25, 0.3) is 0 Å². The van der Waals surface area contributed by atoms with E-state index >= 15 is 0 Å². The van der Waals surface area contributed by atoms with Crippen LogP contribution < -0.4 is 0 Å². The largest absolute Gasteiger partial charge is 0.460 e. The fourth-order valence-electron chi connectivity index (χ4n) is 3.10. The molecular weight excluding hydrogens is 591 g/mol. The Labute approximate surface area is 209 Å². The fourth-order valence-corrected chi connectivity index (χ4v) is 3.10. The molecule has 0 heterocycles. The molecular formula is C21H19F17O. The maximum Gasteiger partial charge on any atom is 0.460 e. The van der Waals surface area contributed by atoms with Crippen LogP contribution in [0.5, 0.6) is 0 Å². The minimum Gasteiger partial charge on any atom is -0.377 e. The molecule has 0 aliphatic heterocycles. The first kappa shape index (κ1) is 35.0. The second kappa shape index (κ2) is 9.82. The number of halogens is 17. The van der Waals surface area contributed by atoms with Gasteiger partial charge in [-0.05, 0) is 16.5 Å². The first-order valence-electron chi connectivity index (χ1n) is 10.2. The predicted molar refractivity (Wildman–Crippen MR) is 100 cm³/mol. The van der Waals surface area contributed by atoms with Gasteiger partial charge in [-0.15, -0.1) is 0 Å². The Balaban J connectivity index is 3.61. The summed E-state index contributed by atoms with van der Waals surface area (Å²) in [5, 5.41) is 0. The van der Waals surface area contributed by atoms with Crippen LogP contribution in [0.3, 0.4) is 0 Å². The van der Waals surface area contributed by atoms with Crippen molar-refractivity contribution >= 4 is 0 Å². The van der Waals surface area contributed by atoms with Crippen LogP contribution in [0.15, 0.2) is 24.3 Å². The van der Waals surface area contributed by atoms with Crippen LogP contribution in [0.2, 0.25) is 0 Å². The molecule has 0 aromatic heterocycles. The van der Waals surface area contributed by atoms with Gasteiger partial charge < -0.3 is 4.74 Å². The maximum atomic E-state index is 14.4. The second-order valence-corrected chi connectivity index (χ2v) is 9.45. The number of methoxy groups -OCH3 is 1. The van der Waals surface area contributed by atoms with Crippen molar-refractivity contribution in [3.05, 3.63) is 35.4 Å². The number of hydrogen-bond donors (Lipinski definition) is 0. The Morgan fingerprint density at radius 3 is 1.33 bits per heavy atom. The molecule has 1 atom stereocenters. The van der Waals surface area contributed by atoms with Crippen LogP contribution in [-0.4, -0.2) is 54.7 Å². The third-order valence-corrected chi connectivity index (χ3v) is 5.64. The van der Waals surface area contributed by atoms with Crippen LogP contribution in [0, 0.1) is 0 Å². The molecule has 1 aromatic carbocycles. The van der Waals surface area contributed by atoms with Gasteiger partial charge in [-0.1, -0.05) is 45.0 Å². The summed E-state index contributed by atoms with van der Waals surface area (Å²) >= 11 is 0. The molecule has 0 saturated heterocycles. The van der Waals surface area contributed by atoms with Gasteiger partial charge in [0, 0.05) is 13.5 Å². The van der Waals surface area contributed by atoms with Crippen molar-refractivity contribution < 1.29 is 79.4 Å². The Morgan fingerprint density at radius 2 is 0.974 bits per heavy atom. The van der Waals surface area contributed by atoms with Gasteiger partial charge in [0.25, 0.3) is 0 Å². The minimum absolute atomic E-state index is 0.321. The maximum absolute atomic E-state index is 14.4. The number of rotatable bonds is 10. The molecule has 1 unspecified atom stereocenters. The van der Waals surface area contributed by atoms with E-state index in [1.807, 2.05) is 0 Å². The van der Waals surface area contributed by atoms with Crippen molar-refractivity contribution in [2.45, 2.75) is 86.3 Å². The quantitative estimate of drug-likeness (QED) is 0.240. The SMILES string of the molecule is COC(CC(F)(F)C(F)(F)C(F)(F)C(F)(F)C(F)(F)C(F)(F)C(F)(F)C(F)(F)F)c1cccc(C(C)(C)C)c1. The van der Waals surface area contributed by atoms with Crippen molar-refractivity contribution in [2.24, 2.45) is 0 Å². The average molecular weight is 610 g/mol. The van der Waals surface area contributed by atoms with Crippen LogP contribution in [-0.2, 0) is 10.2 Å². The first-order chi connectivity index (χ1) is 16.9. The third-order valence-electron chi connectivity index (χ3n) is 5.64. The fraction of sp³-hybridized carbons (Fsp3) is 0.714. The lowest BCUT2D eigenvalue weighted by atomic mass is 9.84. The monoisotopic (exact) mass is 610 g/mol. The molecule has 0 bridgehead atoms. The van der Waals surface area contributed by atoms with Gasteiger partial charge in [-0.2, -0.15) is 74.6 Å². The Hall–Kier alpha value is -2.01. The second-order valence-electron chi connectivity index (χ2n) is 9.45. The molecule has 0 fully saturated rings. The van der Waals surface area contributed by atoms with Gasteiger partial charge in [0.15, 0.2) is 0 Å². The highest BCUT2D eigenvalue weighted by Gasteiger charge is 2.95. The molecule has 39 heavy (non-hydrogen) atoms. The lowest BCUT2D eigenvalue weighted by molar-refractivity contribution is -0.462. The van der Waals surface area contributed by atoms with Crippen molar-refractivity contribution in [1.82, 2.24) is 0 Å². The zero-order valence-electron chi connectivity index (χ0n) is 19.9. The summed E-state index contributed by atoms with van der Waals surface area (Å²) in [4.78, 5) is 0. The molecule has 0 N–H and O–H groups in total. The molecule has 1 aromatic rings. The normalized spacial score (nSPS) is 16.4. The van der Waals surface area contributed by atoms with Gasteiger partial charge in [-0.25, -0.2) is 0 Å². The Kier molecular flexibility index (Phi) is 8.82. The van der Waals surface area contributed by atoms with Crippen molar-refractivity contribution in [1.29, 1.82) is 0 Å². The van der Waals surface area contributed by atoms with Crippen LogP contribution in [0.1, 0.15) is 44.4 Å². The zero-order chi connectivity index (χ0) is 31.5. The standard InChI is InChI=1S/C21H19F17O/c1-13(2,3)11-7-5-6-10(8-11)12(39-4)9-14(22,23)15(24,25)16(26,27)17(28,29)18(30,31)19(32,33)20(34,35)21(36,37)38/h5-8,12H,9H2,1-4H3. The Bertz CT molecular complexity index is 1000. The van der Waals surface area contributed by atoms with E-state index in [1.165, 1.54) is 6.07 Å². The molecule has 0 radical (unpaired) electrons. The number of alkyl halides is 17. The molecule has 1 nitrogen and oxygen atoms in total. The van der Waals surface area contributed by atoms with Gasteiger partial charge in [-0.3, -0.25) is 0 Å². The molecule has 18 heteroatoms. The number of benzene rings is 1. The highest BCUT2D eigenvalue weighted by Crippen LogP contribution is 2.64. The van der Waals surface area contributed by atoms with E-state index in [9.17, 15) is 74.6 Å². The topological polar surface area (TPSA) is 9.23 Å². The van der Waals surface area contributed by atoms with E-state index in [-0.39, 0.29) is 0 Å². The van der Waals surface area contributed by atoms with Crippen molar-refractivity contribution in [2.75, 3.05) is 7.11 Å². The highest BCUT2D eigenvalue weighted by molar-refractivity contribution is 5.30. The van der Waals surface area contributed by atoms with Crippen LogP contribution >= 0.6 is 0 Å². The van der Waals surface area contributed by atoms with Crippen LogP contribution in [0.4, 0.5) is 74.6 Å². The summed E-state index contributed by atoms with van der Waals surface area (Å²) in [5.74, 6) is -56.6. The lowest BCUT2D eigenvalue weighted by Gasteiger charge is -2.43. The summed E-state index contributed by atoms with van der Waals surface area (Å²) in [6.45, 7) is 4.74. The molecule has 0 aliphatic rings. The number of hydrogen-bond acceptors (Lipinski definition) is 1. The average Bonchev–Trinajstić information content (AvgIpc) is 2.75. The van der Waals surface area contributed by atoms with E-state index in [0.717, 1.165) is 18.2 Å². The van der Waals surface area contributed by atoms with Gasteiger partial charge in [0.1, 0.15) is 0 Å². The number of ether oxygens (including phenoxy) is 1. The van der Waals surface area contributed by atoms with Gasteiger partial charge in [0.2, 0.25) is 0 Å². The smallest absolute Gasteiger partial charge is 0.377 e. The van der Waals surface area contributed by atoms with E-state index in [4.69, 9.17) is 0 Å². The Morgan fingerprint density at radius 1 is 0.590 bits per heavy atom. The molecule has 0 saturated carbocycles. The molecule has 228 valence electrons. The molecule has 0 aliphatic carbocycles. The minimum atomic E-state index is -8.65. The molecule has 1 rings (SSSR count). The summed E-state index contributed by atoms with van der Waals surface area (Å²) in [5.41, 5.74) is -0.857. The first-order valence-corrected chi connectivity index (χ1v) is 10.2. The van der Waals surface area contributed by atoms with Crippen molar-refractivity contribution in [3.63, 3.8) is 0 Å². The predicted octanol–water partition coefficient (Wildman–Crippen LogP) is 9.07. The van der Waals surface area contributed by atoms with Gasteiger partial charge in [0.05, 0.1) is 6.10 Å². The summed E-state index contributed by atoms with van der Waals surface area (Å²) < 4.78 is 233. The van der Waals surface area contributed by atoms with Gasteiger partial charge >= 0.3 is 47.6 Å². The van der Waals surface area contributed by atoms with E-state index < -0.39 is 71.1 Å².